The third kappa shape index (κ3) is 5.72. The SMILES string of the molecule is CCCNC(=O)NC(C)(F)C1(CCc2ccc(F)s2)CCN(C(C)(C)c2ccc(C)nc2)C1. The molecule has 0 aliphatic carbocycles. The van der Waals surface area contributed by atoms with Gasteiger partial charge in [0.05, 0.1) is 0 Å². The summed E-state index contributed by atoms with van der Waals surface area (Å²) in [5, 5.41) is 5.09. The summed E-state index contributed by atoms with van der Waals surface area (Å²) in [6.07, 6.45) is 4.32. The van der Waals surface area contributed by atoms with Crippen LogP contribution in [-0.4, -0.2) is 41.3 Å². The van der Waals surface area contributed by atoms with Gasteiger partial charge in [0.1, 0.15) is 0 Å². The van der Waals surface area contributed by atoms with Crippen LogP contribution >= 0.6 is 11.3 Å². The molecule has 1 saturated heterocycles. The molecule has 3 heterocycles. The lowest BCUT2D eigenvalue weighted by molar-refractivity contribution is -0.0214. The highest BCUT2D eigenvalue weighted by Gasteiger charge is 2.55. The molecule has 0 spiro atoms. The summed E-state index contributed by atoms with van der Waals surface area (Å²) in [4.78, 5) is 20.0. The van der Waals surface area contributed by atoms with Crippen LogP contribution in [-0.2, 0) is 12.0 Å². The summed E-state index contributed by atoms with van der Waals surface area (Å²) in [5.74, 6) is -1.93. The number of hydrogen-bond donors (Lipinski definition) is 2. The minimum absolute atomic E-state index is 0.236. The van der Waals surface area contributed by atoms with Gasteiger partial charge in [0.25, 0.3) is 0 Å². The zero-order chi connectivity index (χ0) is 24.3. The number of likely N-dealkylation sites (tertiary alicyclic amines) is 1. The van der Waals surface area contributed by atoms with Gasteiger partial charge in [-0.3, -0.25) is 9.88 Å². The van der Waals surface area contributed by atoms with E-state index >= 15 is 4.39 Å². The predicted octanol–water partition coefficient (Wildman–Crippen LogP) is 5.55. The molecule has 3 rings (SSSR count). The van der Waals surface area contributed by atoms with Gasteiger partial charge in [0.2, 0.25) is 0 Å². The molecule has 33 heavy (non-hydrogen) atoms. The fraction of sp³-hybridized carbons (Fsp3) is 0.600. The summed E-state index contributed by atoms with van der Waals surface area (Å²) in [5.41, 5.74) is 0.857. The van der Waals surface area contributed by atoms with Gasteiger partial charge in [-0.15, -0.1) is 11.3 Å². The molecule has 2 atom stereocenters. The molecule has 1 fully saturated rings. The molecule has 2 N–H and O–H groups in total. The van der Waals surface area contributed by atoms with Crippen molar-refractivity contribution >= 4 is 17.4 Å². The lowest BCUT2D eigenvalue weighted by Crippen LogP contribution is -2.59. The Labute approximate surface area is 200 Å². The Morgan fingerprint density at radius 2 is 2.03 bits per heavy atom. The Morgan fingerprint density at radius 3 is 2.64 bits per heavy atom. The topological polar surface area (TPSA) is 57.3 Å². The van der Waals surface area contributed by atoms with Crippen LogP contribution < -0.4 is 10.6 Å². The number of thiophene rings is 1. The number of carbonyl (C=O) groups excluding carboxylic acids is 1. The highest BCUT2D eigenvalue weighted by atomic mass is 32.1. The third-order valence-electron chi connectivity index (χ3n) is 7.12. The van der Waals surface area contributed by atoms with Crippen LogP contribution in [0.2, 0.25) is 0 Å². The Bertz CT molecular complexity index is 944. The lowest BCUT2D eigenvalue weighted by Gasteiger charge is -2.43. The number of carbonyl (C=O) groups is 1. The van der Waals surface area contributed by atoms with Crippen molar-refractivity contribution in [1.29, 1.82) is 0 Å². The number of nitrogens with one attached hydrogen (secondary N) is 2. The number of nitrogens with zero attached hydrogens (tertiary/aromatic N) is 2. The molecular weight excluding hydrogens is 442 g/mol. The van der Waals surface area contributed by atoms with Gasteiger partial charge in [-0.05, 0) is 83.7 Å². The van der Waals surface area contributed by atoms with Crippen molar-refractivity contribution in [3.05, 3.63) is 51.7 Å². The van der Waals surface area contributed by atoms with Gasteiger partial charge >= 0.3 is 6.03 Å². The van der Waals surface area contributed by atoms with E-state index < -0.39 is 17.2 Å². The number of alkyl halides is 1. The fourth-order valence-corrected chi connectivity index (χ4v) is 5.39. The number of urea groups is 1. The molecule has 2 unspecified atom stereocenters. The summed E-state index contributed by atoms with van der Waals surface area (Å²) >= 11 is 1.10. The van der Waals surface area contributed by atoms with Crippen molar-refractivity contribution in [1.82, 2.24) is 20.5 Å². The first kappa shape index (κ1) is 25.6. The number of halogens is 2. The van der Waals surface area contributed by atoms with Crippen LogP contribution in [0.15, 0.2) is 30.5 Å². The number of hydrogen-bond acceptors (Lipinski definition) is 4. The van der Waals surface area contributed by atoms with Gasteiger partial charge in [-0.1, -0.05) is 13.0 Å². The van der Waals surface area contributed by atoms with Gasteiger partial charge < -0.3 is 10.6 Å². The third-order valence-corrected chi connectivity index (χ3v) is 8.05. The average molecular weight is 479 g/mol. The van der Waals surface area contributed by atoms with Crippen LogP contribution in [0, 0.1) is 17.5 Å². The Morgan fingerprint density at radius 1 is 1.27 bits per heavy atom. The van der Waals surface area contributed by atoms with Crippen LogP contribution in [0.4, 0.5) is 13.6 Å². The summed E-state index contributed by atoms with van der Waals surface area (Å²) in [6.45, 7) is 11.3. The molecule has 8 heteroatoms. The molecule has 0 saturated carbocycles. The first-order chi connectivity index (χ1) is 15.5. The standard InChI is InChI=1S/C25H36F2N4OS/c1-6-14-28-22(32)30-24(5,27)25(12-11-20-9-10-21(26)33-20)13-15-31(17-25)23(3,4)19-8-7-18(2)29-16-19/h7-10,16H,6,11-15,17H2,1-5H3,(H2,28,30,32). The van der Waals surface area contributed by atoms with E-state index in [0.29, 0.717) is 38.9 Å². The maximum absolute atomic E-state index is 16.4. The second kappa shape index (κ2) is 10.1. The monoisotopic (exact) mass is 478 g/mol. The maximum atomic E-state index is 16.4. The molecule has 0 bridgehead atoms. The smallest absolute Gasteiger partial charge is 0.317 e. The normalized spacial score (nSPS) is 21.1. The lowest BCUT2D eigenvalue weighted by atomic mass is 9.74. The highest BCUT2D eigenvalue weighted by molar-refractivity contribution is 7.10. The van der Waals surface area contributed by atoms with E-state index in [9.17, 15) is 9.18 Å². The second-order valence-corrected chi connectivity index (χ2v) is 10.9. The molecule has 5 nitrogen and oxygen atoms in total. The van der Waals surface area contributed by atoms with E-state index in [2.05, 4.69) is 40.4 Å². The quantitative estimate of drug-likeness (QED) is 0.465. The minimum atomic E-state index is -1.93. The van der Waals surface area contributed by atoms with Crippen molar-refractivity contribution < 1.29 is 13.6 Å². The van der Waals surface area contributed by atoms with Crippen LogP contribution in [0.1, 0.15) is 63.1 Å². The van der Waals surface area contributed by atoms with Gasteiger partial charge in [-0.2, -0.15) is 4.39 Å². The highest BCUT2D eigenvalue weighted by Crippen LogP contribution is 2.48. The van der Waals surface area contributed by atoms with Gasteiger partial charge in [0.15, 0.2) is 10.9 Å². The zero-order valence-electron chi connectivity index (χ0n) is 20.3. The van der Waals surface area contributed by atoms with E-state index in [0.717, 1.165) is 33.9 Å². The number of pyridine rings is 1. The molecule has 2 amide bonds. The zero-order valence-corrected chi connectivity index (χ0v) is 21.1. The Balaban J connectivity index is 1.85. The molecule has 1 aliphatic rings. The molecule has 0 radical (unpaired) electrons. The Kier molecular flexibility index (Phi) is 7.79. The molecule has 182 valence electrons. The van der Waals surface area contributed by atoms with Gasteiger partial charge in [0, 0.05) is 40.8 Å². The number of aromatic nitrogens is 1. The largest absolute Gasteiger partial charge is 0.338 e. The summed E-state index contributed by atoms with van der Waals surface area (Å²) in [6, 6.07) is 6.78. The average Bonchev–Trinajstić information content (AvgIpc) is 3.38. The van der Waals surface area contributed by atoms with Crippen molar-refractivity contribution in [3.63, 3.8) is 0 Å². The first-order valence-corrected chi connectivity index (χ1v) is 12.5. The fourth-order valence-electron chi connectivity index (χ4n) is 4.66. The molecule has 0 aromatic carbocycles. The summed E-state index contributed by atoms with van der Waals surface area (Å²) in [7, 11) is 0. The van der Waals surface area contributed by atoms with Crippen LogP contribution in [0.5, 0.6) is 0 Å². The predicted molar refractivity (Wildman–Crippen MR) is 130 cm³/mol. The van der Waals surface area contributed by atoms with E-state index in [1.807, 2.05) is 26.1 Å². The van der Waals surface area contributed by atoms with Gasteiger partial charge in [-0.25, -0.2) is 9.18 Å². The van der Waals surface area contributed by atoms with E-state index in [-0.39, 0.29) is 10.7 Å². The molecule has 2 aromatic rings. The second-order valence-electron chi connectivity index (χ2n) is 9.79. The van der Waals surface area contributed by atoms with Crippen LogP contribution in [0.25, 0.3) is 0 Å². The van der Waals surface area contributed by atoms with E-state index in [1.54, 1.807) is 6.07 Å². The molecule has 1 aliphatic heterocycles. The van der Waals surface area contributed by atoms with Crippen LogP contribution in [0.3, 0.4) is 0 Å². The van der Waals surface area contributed by atoms with Crippen molar-refractivity contribution in [2.24, 2.45) is 5.41 Å². The number of amides is 2. The molecule has 2 aromatic heterocycles. The summed E-state index contributed by atoms with van der Waals surface area (Å²) < 4.78 is 29.9. The molecular formula is C25H36F2N4OS. The maximum Gasteiger partial charge on any atom is 0.317 e. The minimum Gasteiger partial charge on any atom is -0.338 e. The van der Waals surface area contributed by atoms with Crippen molar-refractivity contribution in [2.75, 3.05) is 19.6 Å². The van der Waals surface area contributed by atoms with E-state index in [1.165, 1.54) is 13.0 Å². The first-order valence-electron chi connectivity index (χ1n) is 11.7. The van der Waals surface area contributed by atoms with E-state index in [4.69, 9.17) is 0 Å². The van der Waals surface area contributed by atoms with Crippen molar-refractivity contribution in [3.8, 4) is 0 Å². The number of aryl methyl sites for hydroxylation is 2. The Hall–Kier alpha value is -2.06. The van der Waals surface area contributed by atoms with Crippen molar-refractivity contribution in [2.45, 2.75) is 71.6 Å². The number of rotatable bonds is 9.